The first-order chi connectivity index (χ1) is 15.7. The lowest BCUT2D eigenvalue weighted by Gasteiger charge is -2.11. The monoisotopic (exact) mass is 457 g/mol. The van der Waals surface area contributed by atoms with Crippen LogP contribution >= 0.6 is 0 Å². The van der Waals surface area contributed by atoms with Gasteiger partial charge in [0.15, 0.2) is 0 Å². The molecule has 33 heavy (non-hydrogen) atoms. The Hall–Kier alpha value is -3.96. The predicted molar refractivity (Wildman–Crippen MR) is 114 cm³/mol. The Labute approximate surface area is 185 Å². The first-order valence-corrected chi connectivity index (χ1v) is 9.72. The fraction of sp³-hybridized carbons (Fsp3) is 0.136. The molecule has 0 saturated carbocycles. The van der Waals surface area contributed by atoms with Gasteiger partial charge in [-0.3, -0.25) is 4.57 Å². The maximum Gasteiger partial charge on any atom is 0.416 e. The average Bonchev–Trinajstić information content (AvgIpc) is 3.22. The number of amides is 1. The number of ether oxygens (including phenoxy) is 1. The Morgan fingerprint density at radius 1 is 1.15 bits per heavy atom. The maximum atomic E-state index is 12.9. The Kier molecular flexibility index (Phi) is 5.99. The molecule has 0 aliphatic rings. The third kappa shape index (κ3) is 4.94. The second-order valence-corrected chi connectivity index (χ2v) is 7.05. The van der Waals surface area contributed by atoms with E-state index in [1.165, 1.54) is 35.3 Å². The summed E-state index contributed by atoms with van der Waals surface area (Å²) in [7, 11) is 0. The van der Waals surface area contributed by atoms with Crippen LogP contribution in [0, 0.1) is 0 Å². The van der Waals surface area contributed by atoms with Crippen LogP contribution in [0.15, 0.2) is 67.1 Å². The number of aromatic nitrogens is 3. The van der Waals surface area contributed by atoms with Crippen molar-refractivity contribution in [2.24, 2.45) is 5.73 Å². The van der Waals surface area contributed by atoms with Crippen molar-refractivity contribution in [2.45, 2.75) is 12.3 Å². The standard InChI is InChI=1S/C22H18F3N5O3/c23-22(24,25)14-2-1-3-15(9-14)29-21(32)30-7-6-13-8-16(4-5-18(13)30)33-20-10-17(19(31)11-26)27-12-28-20/h1-10,12,19,31H,11,26H2,(H,29,32). The van der Waals surface area contributed by atoms with Crippen molar-refractivity contribution in [3.05, 3.63) is 78.4 Å². The Bertz CT molecular complexity index is 1310. The molecule has 1 atom stereocenters. The largest absolute Gasteiger partial charge is 0.439 e. The molecule has 8 nitrogen and oxygen atoms in total. The van der Waals surface area contributed by atoms with E-state index in [1.807, 2.05) is 0 Å². The van der Waals surface area contributed by atoms with E-state index in [1.54, 1.807) is 24.3 Å². The molecule has 11 heteroatoms. The van der Waals surface area contributed by atoms with Gasteiger partial charge < -0.3 is 20.9 Å². The summed E-state index contributed by atoms with van der Waals surface area (Å²) in [5, 5.41) is 12.9. The number of nitrogens with one attached hydrogen (secondary N) is 1. The number of fused-ring (bicyclic) bond motifs is 1. The van der Waals surface area contributed by atoms with Crippen LogP contribution in [-0.2, 0) is 6.18 Å². The summed E-state index contributed by atoms with van der Waals surface area (Å²) in [6.45, 7) is -0.00150. The van der Waals surface area contributed by atoms with E-state index in [0.29, 0.717) is 22.3 Å². The van der Waals surface area contributed by atoms with Crippen molar-refractivity contribution in [1.29, 1.82) is 0 Å². The van der Waals surface area contributed by atoms with Gasteiger partial charge in [0.1, 0.15) is 18.2 Å². The van der Waals surface area contributed by atoms with Gasteiger partial charge in [-0.05, 0) is 42.5 Å². The van der Waals surface area contributed by atoms with E-state index in [9.17, 15) is 23.1 Å². The highest BCUT2D eigenvalue weighted by Crippen LogP contribution is 2.31. The summed E-state index contributed by atoms with van der Waals surface area (Å²) in [6.07, 6.45) is -2.71. The molecular formula is C22H18F3N5O3. The van der Waals surface area contributed by atoms with Crippen LogP contribution in [0.2, 0.25) is 0 Å². The van der Waals surface area contributed by atoms with E-state index in [4.69, 9.17) is 10.5 Å². The van der Waals surface area contributed by atoms with Crippen molar-refractivity contribution in [1.82, 2.24) is 14.5 Å². The fourth-order valence-corrected chi connectivity index (χ4v) is 3.15. The van der Waals surface area contributed by atoms with Crippen LogP contribution < -0.4 is 15.8 Å². The molecule has 4 N–H and O–H groups in total. The first-order valence-electron chi connectivity index (χ1n) is 9.72. The van der Waals surface area contributed by atoms with Gasteiger partial charge in [0.2, 0.25) is 5.88 Å². The van der Waals surface area contributed by atoms with Gasteiger partial charge in [-0.25, -0.2) is 14.8 Å². The van der Waals surface area contributed by atoms with Gasteiger partial charge in [0.25, 0.3) is 0 Å². The number of carbonyl (C=O) groups is 1. The number of benzene rings is 2. The number of alkyl halides is 3. The van der Waals surface area contributed by atoms with Crippen LogP contribution in [-0.4, -0.2) is 32.2 Å². The second kappa shape index (κ2) is 8.88. The maximum absolute atomic E-state index is 12.9. The molecule has 2 aromatic carbocycles. The minimum atomic E-state index is -4.51. The molecular weight excluding hydrogens is 439 g/mol. The number of aliphatic hydroxyl groups is 1. The SMILES string of the molecule is NCC(O)c1cc(Oc2ccc3c(ccn3C(=O)Nc3cccc(C(F)(F)F)c3)c2)ncn1. The minimum Gasteiger partial charge on any atom is -0.439 e. The number of hydrogen-bond acceptors (Lipinski definition) is 6. The number of carbonyl (C=O) groups excluding carboxylic acids is 1. The summed E-state index contributed by atoms with van der Waals surface area (Å²) in [5.74, 6) is 0.624. The summed E-state index contributed by atoms with van der Waals surface area (Å²) in [5.41, 5.74) is 5.45. The molecule has 4 rings (SSSR count). The van der Waals surface area contributed by atoms with Crippen LogP contribution in [0.5, 0.6) is 11.6 Å². The smallest absolute Gasteiger partial charge is 0.416 e. The molecule has 1 unspecified atom stereocenters. The summed E-state index contributed by atoms with van der Waals surface area (Å²) in [4.78, 5) is 20.6. The number of aliphatic hydroxyl groups excluding tert-OH is 1. The quantitative estimate of drug-likeness (QED) is 0.411. The van der Waals surface area contributed by atoms with E-state index < -0.39 is 23.9 Å². The highest BCUT2D eigenvalue weighted by Gasteiger charge is 2.30. The van der Waals surface area contributed by atoms with Gasteiger partial charge in [-0.15, -0.1) is 0 Å². The Balaban J connectivity index is 1.53. The van der Waals surface area contributed by atoms with Gasteiger partial charge >= 0.3 is 12.2 Å². The summed E-state index contributed by atoms with van der Waals surface area (Å²) >= 11 is 0. The number of nitrogens with zero attached hydrogens (tertiary/aromatic N) is 3. The van der Waals surface area contributed by atoms with E-state index in [2.05, 4.69) is 15.3 Å². The van der Waals surface area contributed by atoms with Crippen molar-refractivity contribution in [3.63, 3.8) is 0 Å². The van der Waals surface area contributed by atoms with E-state index in [0.717, 1.165) is 12.1 Å². The van der Waals surface area contributed by atoms with Crippen LogP contribution in [0.3, 0.4) is 0 Å². The van der Waals surface area contributed by atoms with Crippen LogP contribution in [0.25, 0.3) is 10.9 Å². The number of hydrogen-bond donors (Lipinski definition) is 3. The third-order valence-corrected chi connectivity index (χ3v) is 4.77. The lowest BCUT2D eigenvalue weighted by molar-refractivity contribution is -0.137. The van der Waals surface area contributed by atoms with Crippen LogP contribution in [0.4, 0.5) is 23.7 Å². The molecule has 0 bridgehead atoms. The Morgan fingerprint density at radius 3 is 2.73 bits per heavy atom. The molecule has 0 fully saturated rings. The minimum absolute atomic E-state index is 0.00150. The molecule has 170 valence electrons. The van der Waals surface area contributed by atoms with Gasteiger partial charge in [-0.2, -0.15) is 13.2 Å². The van der Waals surface area contributed by atoms with Gasteiger partial charge in [-0.1, -0.05) is 6.07 Å². The summed E-state index contributed by atoms with van der Waals surface area (Å²) < 4.78 is 45.7. The molecule has 0 saturated heterocycles. The highest BCUT2D eigenvalue weighted by molar-refractivity contribution is 5.98. The molecule has 0 radical (unpaired) electrons. The van der Waals surface area contributed by atoms with E-state index in [-0.39, 0.29) is 18.1 Å². The zero-order valence-corrected chi connectivity index (χ0v) is 17.0. The van der Waals surface area contributed by atoms with Crippen molar-refractivity contribution in [3.8, 4) is 11.6 Å². The molecule has 0 aliphatic heterocycles. The number of rotatable bonds is 5. The molecule has 0 spiro atoms. The van der Waals surface area contributed by atoms with Crippen molar-refractivity contribution < 1.29 is 27.8 Å². The fourth-order valence-electron chi connectivity index (χ4n) is 3.15. The molecule has 0 aliphatic carbocycles. The number of halogens is 3. The van der Waals surface area contributed by atoms with Crippen molar-refractivity contribution in [2.75, 3.05) is 11.9 Å². The zero-order valence-electron chi connectivity index (χ0n) is 17.0. The number of anilines is 1. The van der Waals surface area contributed by atoms with E-state index >= 15 is 0 Å². The highest BCUT2D eigenvalue weighted by atomic mass is 19.4. The topological polar surface area (TPSA) is 115 Å². The molecule has 1 amide bonds. The van der Waals surface area contributed by atoms with Crippen LogP contribution in [0.1, 0.15) is 17.4 Å². The zero-order chi connectivity index (χ0) is 23.6. The Morgan fingerprint density at radius 2 is 1.97 bits per heavy atom. The summed E-state index contributed by atoms with van der Waals surface area (Å²) in [6, 6.07) is 11.8. The van der Waals surface area contributed by atoms with Gasteiger partial charge in [0, 0.05) is 29.9 Å². The average molecular weight is 457 g/mol. The van der Waals surface area contributed by atoms with Gasteiger partial charge in [0.05, 0.1) is 16.8 Å². The normalized spacial score (nSPS) is 12.5. The molecule has 2 heterocycles. The predicted octanol–water partition coefficient (Wildman–Crippen LogP) is 4.31. The van der Waals surface area contributed by atoms with Crippen molar-refractivity contribution >= 4 is 22.6 Å². The molecule has 2 aromatic heterocycles. The number of nitrogens with two attached hydrogens (primary N) is 1. The molecule has 4 aromatic rings. The third-order valence-electron chi connectivity index (χ3n) is 4.77. The second-order valence-electron chi connectivity index (χ2n) is 7.05. The first kappa shape index (κ1) is 22.2. The lowest BCUT2D eigenvalue weighted by Crippen LogP contribution is -2.18. The lowest BCUT2D eigenvalue weighted by atomic mass is 10.2.